The van der Waals surface area contributed by atoms with E-state index in [0.717, 1.165) is 16.7 Å². The summed E-state index contributed by atoms with van der Waals surface area (Å²) in [6, 6.07) is 0.212. The van der Waals surface area contributed by atoms with Crippen molar-refractivity contribution in [2.24, 2.45) is 11.7 Å². The average Bonchev–Trinajstić information content (AvgIpc) is 2.47. The Morgan fingerprint density at radius 2 is 2.23 bits per heavy atom. The number of aromatic nitrogens is 3. The van der Waals surface area contributed by atoms with Crippen LogP contribution in [-0.2, 0) is 0 Å². The fraction of sp³-hybridized carbons (Fsp3) is 0.750. The van der Waals surface area contributed by atoms with E-state index >= 15 is 0 Å². The molecule has 0 saturated heterocycles. The van der Waals surface area contributed by atoms with Crippen molar-refractivity contribution in [1.29, 1.82) is 0 Å². The number of nitrogens with zero attached hydrogens (tertiary/aromatic N) is 2. The Hall–Kier alpha value is -0.550. The van der Waals surface area contributed by atoms with Gasteiger partial charge < -0.3 is 5.73 Å². The summed E-state index contributed by atoms with van der Waals surface area (Å²) in [7, 11) is 0. The smallest absolute Gasteiger partial charge is 0.208 e. The van der Waals surface area contributed by atoms with Crippen LogP contribution in [0.1, 0.15) is 19.7 Å². The maximum absolute atomic E-state index is 5.88. The third kappa shape index (κ3) is 3.36. The van der Waals surface area contributed by atoms with Crippen LogP contribution >= 0.6 is 11.8 Å². The Morgan fingerprint density at radius 1 is 1.54 bits per heavy atom. The molecule has 1 rings (SSSR count). The number of hydrogen-bond donors (Lipinski definition) is 2. The van der Waals surface area contributed by atoms with Crippen LogP contribution < -0.4 is 5.73 Å². The normalized spacial score (nSPS) is 13.6. The Balaban J connectivity index is 2.35. The van der Waals surface area contributed by atoms with Gasteiger partial charge >= 0.3 is 0 Å². The van der Waals surface area contributed by atoms with Gasteiger partial charge in [0.15, 0.2) is 0 Å². The van der Waals surface area contributed by atoms with E-state index in [1.807, 2.05) is 6.92 Å². The van der Waals surface area contributed by atoms with E-state index in [-0.39, 0.29) is 6.04 Å². The number of hydrogen-bond acceptors (Lipinski definition) is 4. The Labute approximate surface area is 82.7 Å². The zero-order valence-electron chi connectivity index (χ0n) is 8.24. The lowest BCUT2D eigenvalue weighted by Crippen LogP contribution is -2.28. The Morgan fingerprint density at radius 3 is 2.69 bits per heavy atom. The number of H-pyrrole nitrogens is 1. The first-order chi connectivity index (χ1) is 6.09. The summed E-state index contributed by atoms with van der Waals surface area (Å²) in [5.74, 6) is 2.22. The first-order valence-electron chi connectivity index (χ1n) is 4.37. The minimum absolute atomic E-state index is 0.212. The molecule has 0 aromatic carbocycles. The van der Waals surface area contributed by atoms with E-state index in [1.54, 1.807) is 11.8 Å². The zero-order valence-corrected chi connectivity index (χ0v) is 9.06. The zero-order chi connectivity index (χ0) is 9.84. The van der Waals surface area contributed by atoms with Crippen molar-refractivity contribution < 1.29 is 0 Å². The quantitative estimate of drug-likeness (QED) is 0.716. The third-order valence-corrected chi connectivity index (χ3v) is 2.83. The highest BCUT2D eigenvalue weighted by Crippen LogP contribution is 2.15. The minimum Gasteiger partial charge on any atom is -0.327 e. The standard InChI is InChI=1S/C8H16N4S/c1-5(2)7(9)4-13-8-10-6(3)11-12-8/h5,7H,4,9H2,1-3H3,(H,10,11,12). The predicted molar refractivity (Wildman–Crippen MR) is 54.7 cm³/mol. The van der Waals surface area contributed by atoms with Gasteiger partial charge in [-0.2, -0.15) is 0 Å². The highest BCUT2D eigenvalue weighted by molar-refractivity contribution is 7.99. The van der Waals surface area contributed by atoms with Gasteiger partial charge in [-0.05, 0) is 12.8 Å². The molecule has 13 heavy (non-hydrogen) atoms. The molecule has 3 N–H and O–H groups in total. The fourth-order valence-electron chi connectivity index (χ4n) is 0.750. The van der Waals surface area contributed by atoms with Crippen LogP contribution in [0, 0.1) is 12.8 Å². The topological polar surface area (TPSA) is 67.6 Å². The van der Waals surface area contributed by atoms with Crippen LogP contribution in [0.4, 0.5) is 0 Å². The van der Waals surface area contributed by atoms with Crippen molar-refractivity contribution in [2.75, 3.05) is 5.75 Å². The van der Waals surface area contributed by atoms with Gasteiger partial charge in [0.1, 0.15) is 5.82 Å². The van der Waals surface area contributed by atoms with E-state index in [2.05, 4.69) is 29.0 Å². The number of nitrogens with two attached hydrogens (primary N) is 1. The SMILES string of the molecule is Cc1nc(SCC(N)C(C)C)n[nH]1. The van der Waals surface area contributed by atoms with Gasteiger partial charge in [0.05, 0.1) is 0 Å². The summed E-state index contributed by atoms with van der Waals surface area (Å²) < 4.78 is 0. The average molecular weight is 200 g/mol. The van der Waals surface area contributed by atoms with E-state index in [1.165, 1.54) is 0 Å². The second kappa shape index (κ2) is 4.62. The van der Waals surface area contributed by atoms with Gasteiger partial charge in [-0.15, -0.1) is 5.10 Å². The van der Waals surface area contributed by atoms with Crippen LogP contribution in [0.25, 0.3) is 0 Å². The monoisotopic (exact) mass is 200 g/mol. The molecule has 5 heteroatoms. The third-order valence-electron chi connectivity index (χ3n) is 1.84. The largest absolute Gasteiger partial charge is 0.327 e. The molecule has 0 amide bonds. The summed E-state index contributed by atoms with van der Waals surface area (Å²) >= 11 is 1.60. The second-order valence-electron chi connectivity index (χ2n) is 3.42. The van der Waals surface area contributed by atoms with Crippen molar-refractivity contribution in [3.05, 3.63) is 5.82 Å². The molecule has 1 atom stereocenters. The molecule has 0 bridgehead atoms. The summed E-state index contributed by atoms with van der Waals surface area (Å²) in [6.45, 7) is 6.13. The van der Waals surface area contributed by atoms with E-state index in [0.29, 0.717) is 5.92 Å². The van der Waals surface area contributed by atoms with Crippen molar-refractivity contribution in [3.63, 3.8) is 0 Å². The predicted octanol–water partition coefficient (Wildman–Crippen LogP) is 1.19. The molecule has 4 nitrogen and oxygen atoms in total. The molecule has 1 heterocycles. The molecule has 1 unspecified atom stereocenters. The highest BCUT2D eigenvalue weighted by atomic mass is 32.2. The number of nitrogens with one attached hydrogen (secondary N) is 1. The maximum Gasteiger partial charge on any atom is 0.208 e. The molecule has 0 aliphatic heterocycles. The van der Waals surface area contributed by atoms with Crippen LogP contribution in [0.3, 0.4) is 0 Å². The molecular formula is C8H16N4S. The first-order valence-corrected chi connectivity index (χ1v) is 5.35. The van der Waals surface area contributed by atoms with Gasteiger partial charge in [-0.25, -0.2) is 4.98 Å². The minimum atomic E-state index is 0.212. The van der Waals surface area contributed by atoms with Gasteiger partial charge in [0, 0.05) is 11.8 Å². The lowest BCUT2D eigenvalue weighted by atomic mass is 10.1. The van der Waals surface area contributed by atoms with Crippen molar-refractivity contribution >= 4 is 11.8 Å². The molecule has 0 radical (unpaired) electrons. The molecule has 0 aliphatic carbocycles. The van der Waals surface area contributed by atoms with Crippen molar-refractivity contribution in [2.45, 2.75) is 32.0 Å². The number of thioether (sulfide) groups is 1. The fourth-order valence-corrected chi connectivity index (χ4v) is 1.79. The molecule has 0 spiro atoms. The molecule has 74 valence electrons. The lowest BCUT2D eigenvalue weighted by Gasteiger charge is -2.13. The Kier molecular flexibility index (Phi) is 3.74. The van der Waals surface area contributed by atoms with E-state index in [9.17, 15) is 0 Å². The first kappa shape index (κ1) is 10.5. The molecule has 0 fully saturated rings. The van der Waals surface area contributed by atoms with Crippen LogP contribution in [0.2, 0.25) is 0 Å². The maximum atomic E-state index is 5.88. The second-order valence-corrected chi connectivity index (χ2v) is 4.41. The van der Waals surface area contributed by atoms with Crippen molar-refractivity contribution in [1.82, 2.24) is 15.2 Å². The van der Waals surface area contributed by atoms with Crippen LogP contribution in [-0.4, -0.2) is 27.0 Å². The lowest BCUT2D eigenvalue weighted by molar-refractivity contribution is 0.535. The molecular weight excluding hydrogens is 184 g/mol. The summed E-state index contributed by atoms with van der Waals surface area (Å²) in [6.07, 6.45) is 0. The van der Waals surface area contributed by atoms with Gasteiger partial charge in [0.25, 0.3) is 0 Å². The van der Waals surface area contributed by atoms with E-state index < -0.39 is 0 Å². The Bertz CT molecular complexity index is 258. The molecule has 1 aromatic rings. The van der Waals surface area contributed by atoms with Gasteiger partial charge in [0.2, 0.25) is 5.16 Å². The molecule has 0 aliphatic rings. The number of aromatic amines is 1. The summed E-state index contributed by atoms with van der Waals surface area (Å²) in [4.78, 5) is 4.18. The van der Waals surface area contributed by atoms with Gasteiger partial charge in [-0.3, -0.25) is 5.10 Å². The van der Waals surface area contributed by atoms with Gasteiger partial charge in [-0.1, -0.05) is 25.6 Å². The van der Waals surface area contributed by atoms with Crippen LogP contribution in [0.15, 0.2) is 5.16 Å². The van der Waals surface area contributed by atoms with E-state index in [4.69, 9.17) is 5.73 Å². The van der Waals surface area contributed by atoms with Crippen LogP contribution in [0.5, 0.6) is 0 Å². The van der Waals surface area contributed by atoms with Crippen molar-refractivity contribution in [3.8, 4) is 0 Å². The molecule has 0 saturated carbocycles. The molecule has 1 aromatic heterocycles. The highest BCUT2D eigenvalue weighted by Gasteiger charge is 2.09. The number of rotatable bonds is 4. The summed E-state index contributed by atoms with van der Waals surface area (Å²) in [5.41, 5.74) is 5.88. The number of aryl methyl sites for hydroxylation is 1. The summed E-state index contributed by atoms with van der Waals surface area (Å²) in [5, 5.41) is 7.60.